The SMILES string of the molecule is CCN(C(=O)c1cnc2ccccc2n1)C(C)c1ccc(C#N)cc1. The molecule has 3 aromatic rings. The molecule has 0 bridgehead atoms. The number of nitriles is 1. The molecule has 0 saturated carbocycles. The topological polar surface area (TPSA) is 69.9 Å². The van der Waals surface area contributed by atoms with E-state index in [-0.39, 0.29) is 11.9 Å². The highest BCUT2D eigenvalue weighted by molar-refractivity contribution is 5.94. The van der Waals surface area contributed by atoms with Crippen molar-refractivity contribution in [2.45, 2.75) is 19.9 Å². The van der Waals surface area contributed by atoms with Crippen molar-refractivity contribution in [3.63, 3.8) is 0 Å². The second kappa shape index (κ2) is 7.10. The van der Waals surface area contributed by atoms with E-state index in [9.17, 15) is 4.79 Å². The summed E-state index contributed by atoms with van der Waals surface area (Å²) < 4.78 is 0. The molecule has 0 aliphatic carbocycles. The Hall–Kier alpha value is -3.26. The van der Waals surface area contributed by atoms with Gasteiger partial charge in [-0.05, 0) is 43.7 Å². The van der Waals surface area contributed by atoms with Gasteiger partial charge in [-0.3, -0.25) is 9.78 Å². The van der Waals surface area contributed by atoms with E-state index >= 15 is 0 Å². The fraction of sp³-hybridized carbons (Fsp3) is 0.200. The lowest BCUT2D eigenvalue weighted by atomic mass is 10.0. The van der Waals surface area contributed by atoms with Crippen LogP contribution in [0.2, 0.25) is 0 Å². The van der Waals surface area contributed by atoms with E-state index in [4.69, 9.17) is 5.26 Å². The second-order valence-electron chi connectivity index (χ2n) is 5.74. The Morgan fingerprint density at radius 2 is 1.84 bits per heavy atom. The average molecular weight is 330 g/mol. The van der Waals surface area contributed by atoms with Crippen LogP contribution in [0.3, 0.4) is 0 Å². The van der Waals surface area contributed by atoms with Crippen LogP contribution in [0.25, 0.3) is 11.0 Å². The molecule has 3 rings (SSSR count). The molecular formula is C20H18N4O. The third-order valence-corrected chi connectivity index (χ3v) is 4.26. The van der Waals surface area contributed by atoms with Crippen LogP contribution >= 0.6 is 0 Å². The first-order valence-electron chi connectivity index (χ1n) is 8.17. The highest BCUT2D eigenvalue weighted by Crippen LogP contribution is 2.22. The van der Waals surface area contributed by atoms with Crippen molar-refractivity contribution in [2.75, 3.05) is 6.54 Å². The number of hydrogen-bond donors (Lipinski definition) is 0. The lowest BCUT2D eigenvalue weighted by Gasteiger charge is -2.28. The zero-order chi connectivity index (χ0) is 17.8. The van der Waals surface area contributed by atoms with Gasteiger partial charge in [0.1, 0.15) is 5.69 Å². The van der Waals surface area contributed by atoms with Crippen molar-refractivity contribution < 1.29 is 4.79 Å². The van der Waals surface area contributed by atoms with Crippen LogP contribution in [-0.2, 0) is 0 Å². The maximum atomic E-state index is 12.9. The van der Waals surface area contributed by atoms with Crippen LogP contribution in [0.15, 0.2) is 54.7 Å². The van der Waals surface area contributed by atoms with Gasteiger partial charge in [0.15, 0.2) is 0 Å². The lowest BCUT2D eigenvalue weighted by molar-refractivity contribution is 0.0696. The zero-order valence-electron chi connectivity index (χ0n) is 14.2. The number of fused-ring (bicyclic) bond motifs is 1. The molecule has 0 radical (unpaired) electrons. The molecule has 5 nitrogen and oxygen atoms in total. The molecule has 1 heterocycles. The normalized spacial score (nSPS) is 11.7. The Morgan fingerprint density at radius 3 is 2.48 bits per heavy atom. The number of aromatic nitrogens is 2. The Bertz CT molecular complexity index is 944. The van der Waals surface area contributed by atoms with Gasteiger partial charge in [-0.15, -0.1) is 0 Å². The zero-order valence-corrected chi connectivity index (χ0v) is 14.2. The third kappa shape index (κ3) is 3.33. The number of hydrogen-bond acceptors (Lipinski definition) is 4. The van der Waals surface area contributed by atoms with Crippen LogP contribution in [-0.4, -0.2) is 27.3 Å². The van der Waals surface area contributed by atoms with E-state index in [1.807, 2.05) is 50.2 Å². The lowest BCUT2D eigenvalue weighted by Crippen LogP contribution is -2.34. The molecule has 1 amide bonds. The smallest absolute Gasteiger partial charge is 0.274 e. The Morgan fingerprint density at radius 1 is 1.16 bits per heavy atom. The van der Waals surface area contributed by atoms with Gasteiger partial charge in [0.2, 0.25) is 0 Å². The van der Waals surface area contributed by atoms with E-state index in [0.717, 1.165) is 11.1 Å². The van der Waals surface area contributed by atoms with Gasteiger partial charge in [0.05, 0.1) is 34.9 Å². The summed E-state index contributed by atoms with van der Waals surface area (Å²) in [5.74, 6) is -0.155. The maximum absolute atomic E-state index is 12.9. The molecule has 1 aromatic heterocycles. The van der Waals surface area contributed by atoms with E-state index in [1.165, 1.54) is 6.20 Å². The molecule has 0 aliphatic heterocycles. The molecule has 0 N–H and O–H groups in total. The quantitative estimate of drug-likeness (QED) is 0.731. The van der Waals surface area contributed by atoms with Gasteiger partial charge in [-0.1, -0.05) is 24.3 Å². The predicted molar refractivity (Wildman–Crippen MR) is 95.8 cm³/mol. The van der Waals surface area contributed by atoms with Crippen LogP contribution in [0.1, 0.15) is 41.5 Å². The number of amides is 1. The van der Waals surface area contributed by atoms with Crippen molar-refractivity contribution in [3.8, 4) is 6.07 Å². The van der Waals surface area contributed by atoms with Crippen molar-refractivity contribution in [3.05, 3.63) is 71.5 Å². The molecule has 124 valence electrons. The largest absolute Gasteiger partial charge is 0.331 e. The van der Waals surface area contributed by atoms with E-state index in [1.54, 1.807) is 17.0 Å². The fourth-order valence-electron chi connectivity index (χ4n) is 2.82. The van der Waals surface area contributed by atoms with Crippen molar-refractivity contribution in [1.82, 2.24) is 14.9 Å². The Balaban J connectivity index is 1.89. The minimum atomic E-state index is -0.155. The van der Waals surface area contributed by atoms with Crippen LogP contribution in [0, 0.1) is 11.3 Å². The molecule has 1 atom stereocenters. The standard InChI is InChI=1S/C20H18N4O/c1-3-24(14(2)16-10-8-15(12-21)9-11-16)20(25)19-13-22-17-6-4-5-7-18(17)23-19/h4-11,13-14H,3H2,1-2H3. The summed E-state index contributed by atoms with van der Waals surface area (Å²) in [5, 5.41) is 8.92. The minimum absolute atomic E-state index is 0.126. The molecule has 0 saturated heterocycles. The molecular weight excluding hydrogens is 312 g/mol. The van der Waals surface area contributed by atoms with Gasteiger partial charge in [-0.25, -0.2) is 4.98 Å². The first kappa shape index (κ1) is 16.6. The van der Waals surface area contributed by atoms with Crippen LogP contribution in [0.4, 0.5) is 0 Å². The average Bonchev–Trinajstić information content (AvgIpc) is 2.68. The van der Waals surface area contributed by atoms with Gasteiger partial charge < -0.3 is 4.90 Å². The third-order valence-electron chi connectivity index (χ3n) is 4.26. The number of rotatable bonds is 4. The molecule has 2 aromatic carbocycles. The summed E-state index contributed by atoms with van der Waals surface area (Å²) in [6.07, 6.45) is 1.53. The monoisotopic (exact) mass is 330 g/mol. The summed E-state index contributed by atoms with van der Waals surface area (Å²) >= 11 is 0. The molecule has 0 spiro atoms. The second-order valence-corrected chi connectivity index (χ2v) is 5.74. The van der Waals surface area contributed by atoms with Gasteiger partial charge in [0.25, 0.3) is 5.91 Å². The minimum Gasteiger partial charge on any atom is -0.331 e. The van der Waals surface area contributed by atoms with Gasteiger partial charge in [-0.2, -0.15) is 5.26 Å². The maximum Gasteiger partial charge on any atom is 0.274 e. The van der Waals surface area contributed by atoms with Crippen LogP contribution in [0.5, 0.6) is 0 Å². The van der Waals surface area contributed by atoms with Crippen molar-refractivity contribution >= 4 is 16.9 Å². The Labute approximate surface area is 146 Å². The van der Waals surface area contributed by atoms with E-state index < -0.39 is 0 Å². The number of carbonyl (C=O) groups excluding carboxylic acids is 1. The fourth-order valence-corrected chi connectivity index (χ4v) is 2.82. The van der Waals surface area contributed by atoms with Crippen molar-refractivity contribution in [1.29, 1.82) is 5.26 Å². The summed E-state index contributed by atoms with van der Waals surface area (Å²) in [5.41, 5.74) is 3.38. The summed E-state index contributed by atoms with van der Waals surface area (Å²) in [6, 6.07) is 16.8. The summed E-state index contributed by atoms with van der Waals surface area (Å²) in [7, 11) is 0. The Kier molecular flexibility index (Phi) is 4.71. The van der Waals surface area contributed by atoms with E-state index in [0.29, 0.717) is 23.3 Å². The highest BCUT2D eigenvalue weighted by atomic mass is 16.2. The molecule has 1 unspecified atom stereocenters. The summed E-state index contributed by atoms with van der Waals surface area (Å²) in [4.78, 5) is 23.5. The highest BCUT2D eigenvalue weighted by Gasteiger charge is 2.22. The van der Waals surface area contributed by atoms with Crippen LogP contribution < -0.4 is 0 Å². The molecule has 0 fully saturated rings. The van der Waals surface area contributed by atoms with Gasteiger partial charge >= 0.3 is 0 Å². The molecule has 5 heteroatoms. The summed E-state index contributed by atoms with van der Waals surface area (Å²) in [6.45, 7) is 4.46. The van der Waals surface area contributed by atoms with E-state index in [2.05, 4.69) is 16.0 Å². The molecule has 25 heavy (non-hydrogen) atoms. The molecule has 0 aliphatic rings. The number of para-hydroxylation sites is 2. The predicted octanol–water partition coefficient (Wildman–Crippen LogP) is 3.72. The number of carbonyl (C=O) groups is 1. The first-order valence-corrected chi connectivity index (χ1v) is 8.17. The number of nitrogens with zero attached hydrogens (tertiary/aromatic N) is 4. The van der Waals surface area contributed by atoms with Crippen molar-refractivity contribution in [2.24, 2.45) is 0 Å². The van der Waals surface area contributed by atoms with Gasteiger partial charge in [0, 0.05) is 6.54 Å². The first-order chi connectivity index (χ1) is 12.1. The number of benzene rings is 2.